The number of allylic oxidation sites excluding steroid dienone is 2. The summed E-state index contributed by atoms with van der Waals surface area (Å²) in [5.41, 5.74) is 2.96. The SMILES string of the molecule is CNCCCO/N=C1/CC[C@@]2(C)C(=CC[C@@H]3[C@@H]2CC[C@]2(C)C(=O)CC[C@@H]32)C1(C)C. The highest BCUT2D eigenvalue weighted by Crippen LogP contribution is 2.66. The molecular weight excluding hydrogens is 360 g/mol. The summed E-state index contributed by atoms with van der Waals surface area (Å²) in [5, 5.41) is 7.77. The molecule has 0 amide bonds. The van der Waals surface area contributed by atoms with Gasteiger partial charge in [-0.05, 0) is 81.7 Å². The summed E-state index contributed by atoms with van der Waals surface area (Å²) in [5.74, 6) is 2.52. The Labute approximate surface area is 176 Å². The van der Waals surface area contributed by atoms with Crippen LogP contribution in [0.1, 0.15) is 79.1 Å². The van der Waals surface area contributed by atoms with Crippen molar-refractivity contribution in [3.63, 3.8) is 0 Å². The normalized spacial score (nSPS) is 42.1. The fourth-order valence-electron chi connectivity index (χ4n) is 7.60. The van der Waals surface area contributed by atoms with Gasteiger partial charge in [-0.1, -0.05) is 44.5 Å². The van der Waals surface area contributed by atoms with Crippen LogP contribution in [-0.2, 0) is 9.63 Å². The number of nitrogens with zero attached hydrogens (tertiary/aromatic N) is 1. The molecule has 0 aromatic rings. The fraction of sp³-hybridized carbons (Fsp3) is 0.840. The maximum absolute atomic E-state index is 12.6. The lowest BCUT2D eigenvalue weighted by Gasteiger charge is -2.59. The molecule has 29 heavy (non-hydrogen) atoms. The summed E-state index contributed by atoms with van der Waals surface area (Å²) in [6.45, 7) is 11.1. The number of hydrogen-bond donors (Lipinski definition) is 1. The molecule has 1 N–H and O–H groups in total. The average molecular weight is 401 g/mol. The maximum atomic E-state index is 12.6. The van der Waals surface area contributed by atoms with Gasteiger partial charge in [0.05, 0.1) is 5.71 Å². The lowest BCUT2D eigenvalue weighted by molar-refractivity contribution is -0.131. The quantitative estimate of drug-likeness (QED) is 0.395. The summed E-state index contributed by atoms with van der Waals surface area (Å²) in [6, 6.07) is 0. The minimum Gasteiger partial charge on any atom is -0.396 e. The average Bonchev–Trinajstić information content (AvgIpc) is 2.98. The number of hydrogen-bond acceptors (Lipinski definition) is 4. The molecule has 0 bridgehead atoms. The molecule has 4 rings (SSSR count). The first kappa shape index (κ1) is 21.1. The van der Waals surface area contributed by atoms with Gasteiger partial charge in [-0.3, -0.25) is 4.79 Å². The van der Waals surface area contributed by atoms with Gasteiger partial charge in [0.15, 0.2) is 0 Å². The molecule has 0 aromatic carbocycles. The highest BCUT2D eigenvalue weighted by Gasteiger charge is 2.60. The van der Waals surface area contributed by atoms with Gasteiger partial charge >= 0.3 is 0 Å². The van der Waals surface area contributed by atoms with Crippen LogP contribution < -0.4 is 5.32 Å². The predicted molar refractivity (Wildman–Crippen MR) is 118 cm³/mol. The van der Waals surface area contributed by atoms with Crippen LogP contribution in [-0.4, -0.2) is 31.7 Å². The van der Waals surface area contributed by atoms with E-state index in [0.717, 1.165) is 45.1 Å². The van der Waals surface area contributed by atoms with Crippen molar-refractivity contribution < 1.29 is 9.63 Å². The molecule has 0 radical (unpaired) electrons. The van der Waals surface area contributed by atoms with E-state index in [1.54, 1.807) is 5.57 Å². The van der Waals surface area contributed by atoms with Gasteiger partial charge in [-0.2, -0.15) is 0 Å². The van der Waals surface area contributed by atoms with Crippen LogP contribution >= 0.6 is 0 Å². The van der Waals surface area contributed by atoms with Crippen LogP contribution in [0.4, 0.5) is 0 Å². The third kappa shape index (κ3) is 3.21. The van der Waals surface area contributed by atoms with Crippen LogP contribution in [0, 0.1) is 34.0 Å². The smallest absolute Gasteiger partial charge is 0.139 e. The van der Waals surface area contributed by atoms with E-state index >= 15 is 0 Å². The number of carbonyl (C=O) groups is 1. The second-order valence-electron chi connectivity index (χ2n) is 11.0. The number of fused-ring (bicyclic) bond motifs is 5. The van der Waals surface area contributed by atoms with Gasteiger partial charge in [0, 0.05) is 17.3 Å². The van der Waals surface area contributed by atoms with Crippen molar-refractivity contribution in [2.45, 2.75) is 79.1 Å². The fourth-order valence-corrected chi connectivity index (χ4v) is 7.60. The van der Waals surface area contributed by atoms with Crippen LogP contribution in [0.5, 0.6) is 0 Å². The van der Waals surface area contributed by atoms with E-state index in [1.807, 2.05) is 7.05 Å². The van der Waals surface area contributed by atoms with Crippen molar-refractivity contribution in [3.05, 3.63) is 11.6 Å². The lowest BCUT2D eigenvalue weighted by atomic mass is 9.45. The molecule has 4 nitrogen and oxygen atoms in total. The number of ketones is 1. The molecule has 3 fully saturated rings. The zero-order valence-corrected chi connectivity index (χ0v) is 19.1. The summed E-state index contributed by atoms with van der Waals surface area (Å²) in [7, 11) is 1.97. The van der Waals surface area contributed by atoms with E-state index in [0.29, 0.717) is 30.1 Å². The van der Waals surface area contributed by atoms with Crippen molar-refractivity contribution in [1.82, 2.24) is 5.32 Å². The first-order valence-corrected chi connectivity index (χ1v) is 11.8. The Kier molecular flexibility index (Phi) is 5.46. The minimum absolute atomic E-state index is 0.0345. The standard InChI is InChI=1S/C25H40N2O2/c1-23(2)20-9-7-17-18-8-10-22(28)25(18,4)13-11-19(17)24(20,3)14-12-21(23)27-29-16-6-15-26-5/h9,17-19,26H,6-8,10-16H2,1-5H3/b27-21-/t17-,18-,19-,24+,25-/m0/s1. The topological polar surface area (TPSA) is 50.7 Å². The molecule has 0 spiro atoms. The van der Waals surface area contributed by atoms with Crippen molar-refractivity contribution in [1.29, 1.82) is 0 Å². The molecular formula is C25H40N2O2. The van der Waals surface area contributed by atoms with Crippen molar-refractivity contribution in [3.8, 4) is 0 Å². The molecule has 0 saturated heterocycles. The van der Waals surface area contributed by atoms with E-state index < -0.39 is 0 Å². The Morgan fingerprint density at radius 2 is 1.86 bits per heavy atom. The third-order valence-corrected chi connectivity index (χ3v) is 9.29. The largest absolute Gasteiger partial charge is 0.396 e. The molecule has 0 unspecified atom stereocenters. The van der Waals surface area contributed by atoms with Gasteiger partial charge in [0.25, 0.3) is 0 Å². The molecule has 0 aromatic heterocycles. The van der Waals surface area contributed by atoms with E-state index in [-0.39, 0.29) is 16.2 Å². The molecule has 4 aliphatic carbocycles. The Hall–Kier alpha value is -1.16. The minimum atomic E-state index is -0.0408. The molecule has 0 heterocycles. The second kappa shape index (κ2) is 7.51. The zero-order chi connectivity index (χ0) is 20.9. The molecule has 4 aliphatic rings. The first-order valence-electron chi connectivity index (χ1n) is 11.8. The van der Waals surface area contributed by atoms with E-state index in [2.05, 4.69) is 44.2 Å². The van der Waals surface area contributed by atoms with Gasteiger partial charge < -0.3 is 10.2 Å². The molecule has 5 atom stereocenters. The monoisotopic (exact) mass is 400 g/mol. The molecule has 0 aliphatic heterocycles. The van der Waals surface area contributed by atoms with Crippen molar-refractivity contribution >= 4 is 11.5 Å². The van der Waals surface area contributed by atoms with Gasteiger partial charge in [0.2, 0.25) is 0 Å². The Morgan fingerprint density at radius 3 is 2.62 bits per heavy atom. The summed E-state index contributed by atoms with van der Waals surface area (Å²) in [6.07, 6.45) is 11.1. The zero-order valence-electron chi connectivity index (χ0n) is 19.1. The van der Waals surface area contributed by atoms with Crippen LogP contribution in [0.2, 0.25) is 0 Å². The number of rotatable bonds is 5. The van der Waals surface area contributed by atoms with Crippen molar-refractivity contribution in [2.75, 3.05) is 20.2 Å². The number of oxime groups is 1. The second-order valence-corrected chi connectivity index (χ2v) is 11.0. The van der Waals surface area contributed by atoms with E-state index in [1.165, 1.54) is 18.6 Å². The van der Waals surface area contributed by atoms with Crippen LogP contribution in [0.3, 0.4) is 0 Å². The van der Waals surface area contributed by atoms with Gasteiger partial charge in [-0.15, -0.1) is 0 Å². The number of nitrogens with one attached hydrogen (secondary N) is 1. The summed E-state index contributed by atoms with van der Waals surface area (Å²) in [4.78, 5) is 18.3. The Morgan fingerprint density at radius 1 is 1.10 bits per heavy atom. The van der Waals surface area contributed by atoms with E-state index in [9.17, 15) is 4.79 Å². The summed E-state index contributed by atoms with van der Waals surface area (Å²) < 4.78 is 0. The molecule has 162 valence electrons. The van der Waals surface area contributed by atoms with Crippen molar-refractivity contribution in [2.24, 2.45) is 39.2 Å². The molecule has 4 heteroatoms. The maximum Gasteiger partial charge on any atom is 0.139 e. The highest BCUT2D eigenvalue weighted by molar-refractivity contribution is 5.93. The number of Topliss-reactive ketones (excluding diaryl/α,β-unsaturated/α-hetero) is 1. The van der Waals surface area contributed by atoms with E-state index in [4.69, 9.17) is 4.84 Å². The third-order valence-electron chi connectivity index (χ3n) is 9.29. The first-order chi connectivity index (χ1) is 13.7. The highest BCUT2D eigenvalue weighted by atomic mass is 16.6. The van der Waals surface area contributed by atoms with Crippen LogP contribution in [0.25, 0.3) is 0 Å². The molecule has 3 saturated carbocycles. The van der Waals surface area contributed by atoms with Gasteiger partial charge in [0.1, 0.15) is 12.4 Å². The predicted octanol–water partition coefficient (Wildman–Crippen LogP) is 5.14. The summed E-state index contributed by atoms with van der Waals surface area (Å²) >= 11 is 0. The van der Waals surface area contributed by atoms with Crippen LogP contribution in [0.15, 0.2) is 16.8 Å². The van der Waals surface area contributed by atoms with Gasteiger partial charge in [-0.25, -0.2) is 0 Å². The number of carbonyl (C=O) groups excluding carboxylic acids is 1. The Balaban J connectivity index is 1.57. The lowest BCUT2D eigenvalue weighted by Crippen LogP contribution is -2.53. The Bertz CT molecular complexity index is 724.